The van der Waals surface area contributed by atoms with Crippen LogP contribution in [-0.4, -0.2) is 112 Å². The van der Waals surface area contributed by atoms with Crippen molar-refractivity contribution in [2.24, 2.45) is 0 Å². The Kier molecular flexibility index (Phi) is 16.4. The summed E-state index contributed by atoms with van der Waals surface area (Å²) in [7, 11) is 1.62. The molecule has 0 aliphatic carbocycles. The maximum absolute atomic E-state index is 11.6. The van der Waals surface area contributed by atoms with Crippen LogP contribution in [0.3, 0.4) is 0 Å². The van der Waals surface area contributed by atoms with Gasteiger partial charge in [-0.2, -0.15) is 15.3 Å². The molecular formula is C73H49ClN24O2. The summed E-state index contributed by atoms with van der Waals surface area (Å²) < 4.78 is 5.24. The SMILES string of the molecule is COc1cc2c(cn1)CN(c1nccc(-c3nccc(C#Cc4ccc5[nH]ncc5c4)n3)n1)C2.Clc1cc2c(cn1)CN(c1nccc(-c3nccc(C#Cc4ccc5[nH]ncc5c4)n3)n1)C2.O=c1cc2c(c[nH]1)CN(c1nccc(-c3nccc(C#Cc4ccc5[nH]ncc5c4)n3)n1)C2. The summed E-state index contributed by atoms with van der Waals surface area (Å²) in [6.07, 6.45) is 20.9. The Bertz CT molecular complexity index is 5920. The molecule has 0 unspecified atom stereocenters. The van der Waals surface area contributed by atoms with Crippen molar-refractivity contribution in [3.63, 3.8) is 0 Å². The van der Waals surface area contributed by atoms with Crippen molar-refractivity contribution in [3.05, 3.63) is 266 Å². The summed E-state index contributed by atoms with van der Waals surface area (Å²) in [4.78, 5) is 83.3. The van der Waals surface area contributed by atoms with Gasteiger partial charge in [0.25, 0.3) is 0 Å². The highest BCUT2D eigenvalue weighted by Crippen LogP contribution is 2.31. The molecule has 12 aromatic heterocycles. The predicted octanol–water partition coefficient (Wildman–Crippen LogP) is 9.33. The van der Waals surface area contributed by atoms with Crippen molar-refractivity contribution in [1.29, 1.82) is 0 Å². The summed E-state index contributed by atoms with van der Waals surface area (Å²) in [5.74, 6) is 22.6. The Morgan fingerprint density at radius 1 is 0.390 bits per heavy atom. The molecule has 18 rings (SSSR count). The number of halogens is 1. The van der Waals surface area contributed by atoms with Gasteiger partial charge < -0.3 is 24.4 Å². The number of anilines is 3. The van der Waals surface area contributed by atoms with Crippen molar-refractivity contribution in [1.82, 2.24) is 105 Å². The highest BCUT2D eigenvalue weighted by Gasteiger charge is 2.26. The second kappa shape index (κ2) is 27.0. The van der Waals surface area contributed by atoms with Gasteiger partial charge >= 0.3 is 0 Å². The van der Waals surface area contributed by atoms with Crippen LogP contribution in [0.4, 0.5) is 17.8 Å². The van der Waals surface area contributed by atoms with Gasteiger partial charge in [0.2, 0.25) is 29.3 Å². The standard InChI is InChI=1S/C25H18N8O.C24H15ClN8.C24H16N8O/c1-34-23-11-18-14-33(15-19(18)12-28-23)25-27-9-7-22(31-25)24-26-8-6-20(30-24)4-2-16-3-5-21-17(10-16)13-29-32-21;25-22-10-17-13-33(14-18(17)11-28-22)24-27-8-6-21(31-24)23-26-7-5-19(30-23)3-1-15-2-4-20-16(9-15)12-29-32-20;33-22-10-17-13-32(14-18(17)11-27-22)24-26-8-6-21(30-24)23-25-7-5-19(29-23)3-1-15-2-4-20-16(9-15)12-28-31-20/h3,5-13H,14-15H2,1H3,(H,29,32);2,4-12H,13-14H2,(H,29,32);2,4-12H,13-14H2,(H,27,33)(H,28,31). The smallest absolute Gasteiger partial charge is 0.248 e. The highest BCUT2D eigenvalue weighted by molar-refractivity contribution is 6.29. The minimum Gasteiger partial charge on any atom is -0.481 e. The third kappa shape index (κ3) is 13.5. The van der Waals surface area contributed by atoms with E-state index >= 15 is 0 Å². The molecule has 3 aromatic carbocycles. The lowest BCUT2D eigenvalue weighted by atomic mass is 10.1. The Morgan fingerprint density at radius 2 is 0.780 bits per heavy atom. The third-order valence-corrected chi connectivity index (χ3v) is 16.6. The summed E-state index contributed by atoms with van der Waals surface area (Å²) in [6, 6.07) is 33.8. The zero-order chi connectivity index (χ0) is 67.3. The lowest BCUT2D eigenvalue weighted by Crippen LogP contribution is -2.17. The van der Waals surface area contributed by atoms with E-state index in [1.54, 1.807) is 118 Å². The molecule has 0 radical (unpaired) electrons. The minimum absolute atomic E-state index is 0.110. The van der Waals surface area contributed by atoms with Crippen LogP contribution in [0.2, 0.25) is 5.15 Å². The van der Waals surface area contributed by atoms with Gasteiger partial charge in [-0.3, -0.25) is 20.1 Å². The first kappa shape index (κ1) is 60.9. The molecule has 27 heteroatoms. The highest BCUT2D eigenvalue weighted by atomic mass is 35.5. The van der Waals surface area contributed by atoms with Crippen LogP contribution >= 0.6 is 11.6 Å². The maximum atomic E-state index is 11.6. The summed E-state index contributed by atoms with van der Waals surface area (Å²) >= 11 is 6.03. The Morgan fingerprint density at radius 3 is 1.22 bits per heavy atom. The molecule has 26 nitrogen and oxygen atoms in total. The molecular weight excluding hydrogens is 1280 g/mol. The van der Waals surface area contributed by atoms with Crippen LogP contribution in [0.5, 0.6) is 5.88 Å². The van der Waals surface area contributed by atoms with E-state index in [2.05, 4.69) is 141 Å². The number of nitrogens with zero attached hydrogens (tertiary/aromatic N) is 20. The van der Waals surface area contributed by atoms with Gasteiger partial charge in [0, 0.05) is 140 Å². The lowest BCUT2D eigenvalue weighted by molar-refractivity contribution is 0.397. The molecule has 0 bridgehead atoms. The number of H-pyrrole nitrogens is 4. The Labute approximate surface area is 572 Å². The molecule has 100 heavy (non-hydrogen) atoms. The number of hydrogen-bond donors (Lipinski definition) is 4. The van der Waals surface area contributed by atoms with E-state index in [-0.39, 0.29) is 5.56 Å². The Balaban J connectivity index is 0.000000117. The van der Waals surface area contributed by atoms with Crippen molar-refractivity contribution < 1.29 is 4.74 Å². The fraction of sp³-hybridized carbons (Fsp3) is 0.0959. The van der Waals surface area contributed by atoms with Crippen LogP contribution in [0.15, 0.2) is 188 Å². The van der Waals surface area contributed by atoms with Gasteiger partial charge in [0.15, 0.2) is 17.5 Å². The zero-order valence-corrected chi connectivity index (χ0v) is 53.5. The number of benzene rings is 3. The lowest BCUT2D eigenvalue weighted by Gasteiger charge is -2.15. The van der Waals surface area contributed by atoms with Crippen molar-refractivity contribution in [3.8, 4) is 76.0 Å². The van der Waals surface area contributed by atoms with E-state index < -0.39 is 0 Å². The molecule has 3 aliphatic heterocycles. The van der Waals surface area contributed by atoms with E-state index in [9.17, 15) is 4.79 Å². The predicted molar refractivity (Wildman–Crippen MR) is 372 cm³/mol. The third-order valence-electron chi connectivity index (χ3n) is 16.3. The fourth-order valence-electron chi connectivity index (χ4n) is 11.4. The summed E-state index contributed by atoms with van der Waals surface area (Å²) in [5, 5.41) is 24.4. The molecule has 0 fully saturated rings. The zero-order valence-electron chi connectivity index (χ0n) is 52.7. The summed E-state index contributed by atoms with van der Waals surface area (Å²) in [6.45, 7) is 3.93. The van der Waals surface area contributed by atoms with Crippen molar-refractivity contribution in [2.45, 2.75) is 39.3 Å². The molecule has 3 aliphatic rings. The quantitative estimate of drug-likeness (QED) is 0.0852. The second-order valence-corrected chi connectivity index (χ2v) is 23.4. The van der Waals surface area contributed by atoms with Crippen LogP contribution in [-0.2, 0) is 39.3 Å². The maximum Gasteiger partial charge on any atom is 0.248 e. The van der Waals surface area contributed by atoms with E-state index in [0.29, 0.717) is 120 Å². The first-order chi connectivity index (χ1) is 49.2. The van der Waals surface area contributed by atoms with E-state index in [0.717, 1.165) is 82.8 Å². The van der Waals surface area contributed by atoms with E-state index in [1.165, 1.54) is 0 Å². The average Bonchev–Trinajstić information content (AvgIpc) is 1.63. The van der Waals surface area contributed by atoms with E-state index in [4.69, 9.17) is 26.3 Å². The second-order valence-electron chi connectivity index (χ2n) is 23.0. The molecule has 0 amide bonds. The van der Waals surface area contributed by atoms with Crippen LogP contribution in [0, 0.1) is 35.5 Å². The molecule has 4 N–H and O–H groups in total. The molecule has 480 valence electrons. The van der Waals surface area contributed by atoms with Gasteiger partial charge in [0.1, 0.15) is 39.3 Å². The van der Waals surface area contributed by atoms with Crippen LogP contribution in [0.25, 0.3) is 67.3 Å². The van der Waals surface area contributed by atoms with Crippen LogP contribution in [0.1, 0.15) is 67.2 Å². The number of hydrogen-bond acceptors (Lipinski definition) is 22. The molecule has 0 saturated carbocycles. The number of nitrogens with one attached hydrogen (secondary N) is 4. The summed E-state index contributed by atoms with van der Waals surface area (Å²) in [5.41, 5.74) is 15.8. The normalized spacial score (nSPS) is 12.4. The number of pyridine rings is 3. The number of ether oxygens (including phenoxy) is 1. The van der Waals surface area contributed by atoms with Gasteiger partial charge in [-0.1, -0.05) is 29.4 Å². The first-order valence-corrected chi connectivity index (χ1v) is 31.5. The topological polar surface area (TPSA) is 318 Å². The number of methoxy groups -OCH3 is 1. The number of rotatable bonds is 7. The number of aromatic amines is 4. The van der Waals surface area contributed by atoms with Crippen molar-refractivity contribution in [2.75, 3.05) is 21.8 Å². The first-order valence-electron chi connectivity index (χ1n) is 31.1. The van der Waals surface area contributed by atoms with E-state index in [1.807, 2.05) is 77.8 Å². The molecule has 0 spiro atoms. The monoisotopic (exact) mass is 1330 g/mol. The van der Waals surface area contributed by atoms with Crippen LogP contribution < -0.4 is 25.0 Å². The Hall–Kier alpha value is -14.0. The van der Waals surface area contributed by atoms with Gasteiger partial charge in [-0.05, 0) is 148 Å². The van der Waals surface area contributed by atoms with Gasteiger partial charge in [-0.25, -0.2) is 69.8 Å². The van der Waals surface area contributed by atoms with Gasteiger partial charge in [0.05, 0.1) is 42.3 Å². The molecule has 15 heterocycles. The largest absolute Gasteiger partial charge is 0.481 e. The van der Waals surface area contributed by atoms with Gasteiger partial charge in [-0.15, -0.1) is 0 Å². The molecule has 15 aromatic rings. The molecule has 0 atom stereocenters. The molecule has 0 saturated heterocycles. The fourth-order valence-corrected chi connectivity index (χ4v) is 11.5. The van der Waals surface area contributed by atoms with Crippen molar-refractivity contribution >= 4 is 62.2 Å². The minimum atomic E-state index is -0.110. The number of fused-ring (bicyclic) bond motifs is 6. The number of aromatic nitrogens is 21. The average molecular weight is 1330 g/mol.